The van der Waals surface area contributed by atoms with Crippen LogP contribution in [0, 0.1) is 20.8 Å². The molecule has 2 heterocycles. The molecule has 174 valence electrons. The zero-order valence-electron chi connectivity index (χ0n) is 19.7. The van der Waals surface area contributed by atoms with Crippen LogP contribution in [0.5, 0.6) is 0 Å². The molecule has 0 bridgehead atoms. The molecule has 0 unspecified atom stereocenters. The highest BCUT2D eigenvalue weighted by Gasteiger charge is 2.42. The van der Waals surface area contributed by atoms with Crippen molar-refractivity contribution in [1.82, 2.24) is 9.47 Å². The van der Waals surface area contributed by atoms with Crippen LogP contribution in [0.2, 0.25) is 0 Å². The average molecular weight is 458 g/mol. The molecule has 4 amide bonds. The standard InChI is InChI=1S/C27H27N3O4/c1-18-10-8-9-13-24(18)29-19(2)16-21(20(29)3)17-23-25(31)28(14-15-34-4)27(33)30(26(23)32)22-11-6-5-7-12-22/h5-13,16-17H,14-15H2,1-4H3/b23-17-. The number of barbiturate groups is 1. The largest absolute Gasteiger partial charge is 0.383 e. The van der Waals surface area contributed by atoms with E-state index in [1.165, 1.54) is 7.11 Å². The minimum atomic E-state index is -0.680. The molecule has 0 saturated carbocycles. The smallest absolute Gasteiger partial charge is 0.338 e. The first-order valence-electron chi connectivity index (χ1n) is 11.1. The summed E-state index contributed by atoms with van der Waals surface area (Å²) in [6.07, 6.45) is 1.59. The number of anilines is 1. The monoisotopic (exact) mass is 457 g/mol. The van der Waals surface area contributed by atoms with E-state index in [2.05, 4.69) is 4.57 Å². The predicted octanol–water partition coefficient (Wildman–Crippen LogP) is 4.43. The number of methoxy groups -OCH3 is 1. The van der Waals surface area contributed by atoms with Gasteiger partial charge in [-0.2, -0.15) is 0 Å². The molecule has 1 fully saturated rings. The van der Waals surface area contributed by atoms with Crippen LogP contribution in [0.15, 0.2) is 66.2 Å². The lowest BCUT2D eigenvalue weighted by molar-refractivity contribution is -0.129. The summed E-state index contributed by atoms with van der Waals surface area (Å²) in [6, 6.07) is 17.9. The van der Waals surface area contributed by atoms with E-state index in [0.717, 1.165) is 38.0 Å². The summed E-state index contributed by atoms with van der Waals surface area (Å²) in [5.41, 5.74) is 5.10. The summed E-state index contributed by atoms with van der Waals surface area (Å²) < 4.78 is 7.19. The molecular formula is C27H27N3O4. The fraction of sp³-hybridized carbons (Fsp3) is 0.222. The van der Waals surface area contributed by atoms with Gasteiger partial charge in [0.1, 0.15) is 5.57 Å². The molecule has 0 radical (unpaired) electrons. The summed E-state index contributed by atoms with van der Waals surface area (Å²) in [4.78, 5) is 42.0. The first-order valence-corrected chi connectivity index (χ1v) is 11.1. The number of amides is 4. The Morgan fingerprint density at radius 1 is 0.882 bits per heavy atom. The van der Waals surface area contributed by atoms with E-state index >= 15 is 0 Å². The Bertz CT molecular complexity index is 1290. The number of hydrogen-bond donors (Lipinski definition) is 0. The van der Waals surface area contributed by atoms with E-state index in [4.69, 9.17) is 4.74 Å². The second-order valence-electron chi connectivity index (χ2n) is 8.21. The van der Waals surface area contributed by atoms with Gasteiger partial charge >= 0.3 is 6.03 Å². The van der Waals surface area contributed by atoms with Crippen molar-refractivity contribution in [2.45, 2.75) is 20.8 Å². The number of carbonyl (C=O) groups excluding carboxylic acids is 3. The van der Waals surface area contributed by atoms with Gasteiger partial charge in [0.2, 0.25) is 0 Å². The van der Waals surface area contributed by atoms with Crippen molar-refractivity contribution >= 4 is 29.6 Å². The Hall–Kier alpha value is -3.97. The number of hydrogen-bond acceptors (Lipinski definition) is 4. The van der Waals surface area contributed by atoms with E-state index in [1.54, 1.807) is 36.4 Å². The highest BCUT2D eigenvalue weighted by atomic mass is 16.5. The van der Waals surface area contributed by atoms with Crippen molar-refractivity contribution < 1.29 is 19.1 Å². The highest BCUT2D eigenvalue weighted by molar-refractivity contribution is 6.39. The first kappa shape index (κ1) is 23.2. The third-order valence-corrected chi connectivity index (χ3v) is 5.99. The molecule has 1 aromatic heterocycles. The Labute approximate surface area is 198 Å². The molecule has 4 rings (SSSR count). The van der Waals surface area contributed by atoms with Gasteiger partial charge in [-0.1, -0.05) is 36.4 Å². The fourth-order valence-corrected chi connectivity index (χ4v) is 4.23. The number of carbonyl (C=O) groups is 3. The normalized spacial score (nSPS) is 15.5. The van der Waals surface area contributed by atoms with Crippen LogP contribution in [0.1, 0.15) is 22.5 Å². The third kappa shape index (κ3) is 4.06. The van der Waals surface area contributed by atoms with Crippen LogP contribution >= 0.6 is 0 Å². The van der Waals surface area contributed by atoms with E-state index in [1.807, 2.05) is 51.1 Å². The Morgan fingerprint density at radius 2 is 1.56 bits per heavy atom. The second-order valence-corrected chi connectivity index (χ2v) is 8.21. The van der Waals surface area contributed by atoms with Crippen LogP contribution in [-0.2, 0) is 14.3 Å². The Kier molecular flexibility index (Phi) is 6.47. The molecule has 0 spiro atoms. The van der Waals surface area contributed by atoms with Crippen LogP contribution in [0.3, 0.4) is 0 Å². The number of imide groups is 2. The number of aromatic nitrogens is 1. The van der Waals surface area contributed by atoms with E-state index in [-0.39, 0.29) is 18.7 Å². The molecule has 1 saturated heterocycles. The molecule has 0 atom stereocenters. The summed E-state index contributed by atoms with van der Waals surface area (Å²) in [7, 11) is 1.50. The number of rotatable bonds is 6. The molecule has 7 nitrogen and oxygen atoms in total. The molecule has 7 heteroatoms. The quantitative estimate of drug-likeness (QED) is 0.406. The van der Waals surface area contributed by atoms with Gasteiger partial charge in [-0.25, -0.2) is 9.69 Å². The number of ether oxygens (including phenoxy) is 1. The van der Waals surface area contributed by atoms with E-state index in [9.17, 15) is 14.4 Å². The maximum atomic E-state index is 13.4. The molecule has 0 aliphatic carbocycles. The molecule has 3 aromatic rings. The van der Waals surface area contributed by atoms with Crippen LogP contribution in [-0.4, -0.2) is 47.6 Å². The first-order chi connectivity index (χ1) is 16.3. The van der Waals surface area contributed by atoms with Crippen molar-refractivity contribution in [3.63, 3.8) is 0 Å². The van der Waals surface area contributed by atoms with Gasteiger partial charge < -0.3 is 9.30 Å². The van der Waals surface area contributed by atoms with Crippen molar-refractivity contribution in [2.24, 2.45) is 0 Å². The van der Waals surface area contributed by atoms with Gasteiger partial charge in [-0.3, -0.25) is 14.5 Å². The molecule has 34 heavy (non-hydrogen) atoms. The summed E-state index contributed by atoms with van der Waals surface area (Å²) in [5.74, 6) is -1.27. The lowest BCUT2D eigenvalue weighted by Crippen LogP contribution is -2.57. The number of urea groups is 1. The maximum absolute atomic E-state index is 13.4. The zero-order chi connectivity index (χ0) is 24.4. The number of benzene rings is 2. The highest BCUT2D eigenvalue weighted by Crippen LogP contribution is 2.29. The van der Waals surface area contributed by atoms with E-state index in [0.29, 0.717) is 5.69 Å². The predicted molar refractivity (Wildman–Crippen MR) is 131 cm³/mol. The lowest BCUT2D eigenvalue weighted by Gasteiger charge is -2.33. The Balaban J connectivity index is 1.82. The lowest BCUT2D eigenvalue weighted by atomic mass is 10.1. The fourth-order valence-electron chi connectivity index (χ4n) is 4.23. The van der Waals surface area contributed by atoms with Gasteiger partial charge in [0, 0.05) is 24.2 Å². The molecule has 0 N–H and O–H groups in total. The van der Waals surface area contributed by atoms with Gasteiger partial charge in [0.15, 0.2) is 0 Å². The third-order valence-electron chi connectivity index (χ3n) is 5.99. The average Bonchev–Trinajstić information content (AvgIpc) is 3.10. The maximum Gasteiger partial charge on any atom is 0.338 e. The number of nitrogens with zero attached hydrogens (tertiary/aromatic N) is 3. The SMILES string of the molecule is COCCN1C(=O)/C(=C/c2cc(C)n(-c3ccccc3C)c2C)C(=O)N(c2ccccc2)C1=O. The van der Waals surface area contributed by atoms with Gasteiger partial charge in [-0.05, 0) is 62.2 Å². The van der Waals surface area contributed by atoms with Crippen LogP contribution in [0.4, 0.5) is 10.5 Å². The Morgan fingerprint density at radius 3 is 2.24 bits per heavy atom. The van der Waals surface area contributed by atoms with Gasteiger partial charge in [0.25, 0.3) is 11.8 Å². The van der Waals surface area contributed by atoms with Crippen molar-refractivity contribution in [2.75, 3.05) is 25.2 Å². The second kappa shape index (κ2) is 9.49. The van der Waals surface area contributed by atoms with Crippen molar-refractivity contribution in [3.8, 4) is 5.69 Å². The van der Waals surface area contributed by atoms with E-state index < -0.39 is 17.8 Å². The topological polar surface area (TPSA) is 71.8 Å². The number of para-hydroxylation sites is 2. The van der Waals surface area contributed by atoms with Crippen LogP contribution < -0.4 is 4.90 Å². The summed E-state index contributed by atoms with van der Waals surface area (Å²) >= 11 is 0. The minimum absolute atomic E-state index is 0.0460. The zero-order valence-corrected chi connectivity index (χ0v) is 19.7. The summed E-state index contributed by atoms with van der Waals surface area (Å²) in [5, 5.41) is 0. The molecule has 1 aliphatic heterocycles. The molecular weight excluding hydrogens is 430 g/mol. The van der Waals surface area contributed by atoms with Gasteiger partial charge in [0.05, 0.1) is 18.8 Å². The van der Waals surface area contributed by atoms with Gasteiger partial charge in [-0.15, -0.1) is 0 Å². The molecule has 1 aliphatic rings. The van der Waals surface area contributed by atoms with Crippen molar-refractivity contribution in [3.05, 3.63) is 88.8 Å². The minimum Gasteiger partial charge on any atom is -0.383 e. The van der Waals surface area contributed by atoms with Crippen molar-refractivity contribution in [1.29, 1.82) is 0 Å². The molecule has 2 aromatic carbocycles. The number of aryl methyl sites for hydroxylation is 2. The van der Waals surface area contributed by atoms with Crippen LogP contribution in [0.25, 0.3) is 11.8 Å². The summed E-state index contributed by atoms with van der Waals surface area (Å²) in [6.45, 7) is 6.19.